The monoisotopic (exact) mass is 173 g/mol. The zero-order chi connectivity index (χ0) is 8.84. The second-order valence-electron chi connectivity index (χ2n) is 3.76. The van der Waals surface area contributed by atoms with Gasteiger partial charge in [0.2, 0.25) is 0 Å². The van der Waals surface area contributed by atoms with Crippen molar-refractivity contribution in [3.8, 4) is 0 Å². The molecule has 1 aliphatic heterocycles. The first-order valence-electron chi connectivity index (χ1n) is 4.64. The molecule has 2 unspecified atom stereocenters. The number of hydrogen-bond donors (Lipinski definition) is 0. The molecule has 1 aromatic rings. The van der Waals surface area contributed by atoms with Crippen LogP contribution < -0.4 is 0 Å². The molecule has 0 radical (unpaired) electrons. The molecule has 0 amide bonds. The van der Waals surface area contributed by atoms with E-state index < -0.39 is 0 Å². The molecule has 1 aliphatic carbocycles. The van der Waals surface area contributed by atoms with E-state index in [1.54, 1.807) is 0 Å². The smallest absolute Gasteiger partial charge is 0.143 e. The van der Waals surface area contributed by atoms with Crippen LogP contribution in [0, 0.1) is 0 Å². The Bertz CT molecular complexity index is 383. The molecule has 2 heteroatoms. The second-order valence-corrected chi connectivity index (χ2v) is 3.76. The Morgan fingerprint density at radius 3 is 3.15 bits per heavy atom. The summed E-state index contributed by atoms with van der Waals surface area (Å²) < 4.78 is 0. The Labute approximate surface area is 77.2 Å². The molecular formula is C11H11NO. The van der Waals surface area contributed by atoms with Crippen LogP contribution in [0.3, 0.4) is 0 Å². The molecule has 0 saturated heterocycles. The third kappa shape index (κ3) is 0.857. The summed E-state index contributed by atoms with van der Waals surface area (Å²) in [7, 11) is 0. The lowest BCUT2D eigenvalue weighted by atomic mass is 9.96. The maximum atomic E-state index is 5.36. The highest BCUT2D eigenvalue weighted by molar-refractivity contribution is 5.91. The molecule has 1 heterocycles. The highest BCUT2D eigenvalue weighted by Gasteiger charge is 2.39. The molecule has 0 fully saturated rings. The van der Waals surface area contributed by atoms with Crippen LogP contribution in [0.1, 0.15) is 24.0 Å². The van der Waals surface area contributed by atoms with Crippen LogP contribution in [0.15, 0.2) is 29.4 Å². The van der Waals surface area contributed by atoms with Crippen molar-refractivity contribution in [3.05, 3.63) is 35.4 Å². The van der Waals surface area contributed by atoms with E-state index in [1.807, 2.05) is 6.92 Å². The quantitative estimate of drug-likeness (QED) is 0.588. The van der Waals surface area contributed by atoms with E-state index in [4.69, 9.17) is 4.84 Å². The van der Waals surface area contributed by atoms with Gasteiger partial charge in [-0.2, -0.15) is 0 Å². The minimum atomic E-state index is 0.275. The summed E-state index contributed by atoms with van der Waals surface area (Å²) in [5.74, 6) is 0.427. The average Bonchev–Trinajstić information content (AvgIpc) is 2.66. The van der Waals surface area contributed by atoms with Crippen molar-refractivity contribution in [1.29, 1.82) is 0 Å². The van der Waals surface area contributed by atoms with Crippen LogP contribution in [0.25, 0.3) is 0 Å². The lowest BCUT2D eigenvalue weighted by Crippen LogP contribution is -2.14. The Hall–Kier alpha value is -1.31. The molecule has 66 valence electrons. The molecule has 2 aliphatic rings. The lowest BCUT2D eigenvalue weighted by molar-refractivity contribution is 0.0839. The third-order valence-corrected chi connectivity index (χ3v) is 2.97. The number of benzene rings is 1. The van der Waals surface area contributed by atoms with Gasteiger partial charge in [0, 0.05) is 6.42 Å². The fourth-order valence-corrected chi connectivity index (χ4v) is 2.36. The number of fused-ring (bicyclic) bond motifs is 3. The van der Waals surface area contributed by atoms with Crippen molar-refractivity contribution in [3.63, 3.8) is 0 Å². The van der Waals surface area contributed by atoms with Crippen molar-refractivity contribution in [1.82, 2.24) is 0 Å². The SMILES string of the molecule is CC1=NOC2Cc3ccccc3C12. The first-order valence-corrected chi connectivity index (χ1v) is 4.64. The van der Waals surface area contributed by atoms with Crippen molar-refractivity contribution in [2.24, 2.45) is 5.16 Å². The van der Waals surface area contributed by atoms with Gasteiger partial charge in [-0.15, -0.1) is 0 Å². The predicted molar refractivity (Wildman–Crippen MR) is 50.9 cm³/mol. The van der Waals surface area contributed by atoms with Crippen molar-refractivity contribution in [2.75, 3.05) is 0 Å². The van der Waals surface area contributed by atoms with Crippen LogP contribution in [-0.4, -0.2) is 11.8 Å². The van der Waals surface area contributed by atoms with Crippen LogP contribution in [0.2, 0.25) is 0 Å². The lowest BCUT2D eigenvalue weighted by Gasteiger charge is -2.07. The number of nitrogens with zero attached hydrogens (tertiary/aromatic N) is 1. The Balaban J connectivity index is 2.13. The molecule has 0 saturated carbocycles. The molecule has 0 N–H and O–H groups in total. The van der Waals surface area contributed by atoms with E-state index in [0.29, 0.717) is 5.92 Å². The van der Waals surface area contributed by atoms with Crippen molar-refractivity contribution in [2.45, 2.75) is 25.4 Å². The van der Waals surface area contributed by atoms with E-state index in [-0.39, 0.29) is 6.10 Å². The highest BCUT2D eigenvalue weighted by atomic mass is 16.6. The van der Waals surface area contributed by atoms with E-state index in [1.165, 1.54) is 11.1 Å². The Morgan fingerprint density at radius 2 is 2.23 bits per heavy atom. The van der Waals surface area contributed by atoms with E-state index >= 15 is 0 Å². The van der Waals surface area contributed by atoms with E-state index in [0.717, 1.165) is 12.1 Å². The molecule has 1 aromatic carbocycles. The van der Waals surface area contributed by atoms with Crippen LogP contribution in [-0.2, 0) is 11.3 Å². The van der Waals surface area contributed by atoms with Gasteiger partial charge in [0.05, 0.1) is 11.6 Å². The minimum absolute atomic E-state index is 0.275. The van der Waals surface area contributed by atoms with Gasteiger partial charge < -0.3 is 4.84 Å². The van der Waals surface area contributed by atoms with Gasteiger partial charge in [-0.05, 0) is 18.1 Å². The Kier molecular flexibility index (Phi) is 1.29. The van der Waals surface area contributed by atoms with Crippen molar-refractivity contribution >= 4 is 5.71 Å². The number of hydrogen-bond acceptors (Lipinski definition) is 2. The van der Waals surface area contributed by atoms with Gasteiger partial charge in [0.25, 0.3) is 0 Å². The fraction of sp³-hybridized carbons (Fsp3) is 0.364. The highest BCUT2D eigenvalue weighted by Crippen LogP contribution is 2.39. The van der Waals surface area contributed by atoms with E-state index in [2.05, 4.69) is 29.4 Å². The van der Waals surface area contributed by atoms with Crippen LogP contribution >= 0.6 is 0 Å². The normalized spacial score (nSPS) is 29.2. The molecule has 0 bridgehead atoms. The molecule has 0 aromatic heterocycles. The summed E-state index contributed by atoms with van der Waals surface area (Å²) >= 11 is 0. The van der Waals surface area contributed by atoms with Crippen molar-refractivity contribution < 1.29 is 4.84 Å². The molecule has 13 heavy (non-hydrogen) atoms. The second kappa shape index (κ2) is 2.34. The topological polar surface area (TPSA) is 21.6 Å². The van der Waals surface area contributed by atoms with Gasteiger partial charge in [-0.25, -0.2) is 0 Å². The van der Waals surface area contributed by atoms with Gasteiger partial charge >= 0.3 is 0 Å². The predicted octanol–water partition coefficient (Wildman–Crippen LogP) is 2.10. The fourth-order valence-electron chi connectivity index (χ4n) is 2.36. The maximum Gasteiger partial charge on any atom is 0.143 e. The largest absolute Gasteiger partial charge is 0.391 e. The molecule has 2 nitrogen and oxygen atoms in total. The van der Waals surface area contributed by atoms with E-state index in [9.17, 15) is 0 Å². The first-order chi connectivity index (χ1) is 6.36. The zero-order valence-corrected chi connectivity index (χ0v) is 7.53. The number of rotatable bonds is 0. The maximum absolute atomic E-state index is 5.36. The summed E-state index contributed by atoms with van der Waals surface area (Å²) in [6.07, 6.45) is 1.29. The standard InChI is InChI=1S/C11H11NO/c1-7-11-9-5-3-2-4-8(9)6-10(11)13-12-7/h2-5,10-11H,6H2,1H3. The summed E-state index contributed by atoms with van der Waals surface area (Å²) in [6, 6.07) is 8.55. The van der Waals surface area contributed by atoms with Gasteiger partial charge in [-0.1, -0.05) is 29.4 Å². The average molecular weight is 173 g/mol. The summed E-state index contributed by atoms with van der Waals surface area (Å²) in [5.41, 5.74) is 3.95. The summed E-state index contributed by atoms with van der Waals surface area (Å²) in [4.78, 5) is 5.36. The third-order valence-electron chi connectivity index (χ3n) is 2.97. The molecule has 2 atom stereocenters. The molecular weight excluding hydrogens is 162 g/mol. The van der Waals surface area contributed by atoms with Gasteiger partial charge in [-0.3, -0.25) is 0 Å². The first kappa shape index (κ1) is 7.13. The number of oxime groups is 1. The van der Waals surface area contributed by atoms with Crippen LogP contribution in [0.4, 0.5) is 0 Å². The minimum Gasteiger partial charge on any atom is -0.391 e. The Morgan fingerprint density at radius 1 is 1.38 bits per heavy atom. The van der Waals surface area contributed by atoms with Crippen LogP contribution in [0.5, 0.6) is 0 Å². The van der Waals surface area contributed by atoms with Gasteiger partial charge in [0.1, 0.15) is 6.10 Å². The molecule has 0 spiro atoms. The van der Waals surface area contributed by atoms with Gasteiger partial charge in [0.15, 0.2) is 0 Å². The molecule has 3 rings (SSSR count). The summed E-state index contributed by atoms with van der Waals surface area (Å²) in [6.45, 7) is 2.05. The zero-order valence-electron chi connectivity index (χ0n) is 7.53. The summed E-state index contributed by atoms with van der Waals surface area (Å²) in [5, 5.41) is 4.04.